The summed E-state index contributed by atoms with van der Waals surface area (Å²) in [6.07, 6.45) is 4.12. The van der Waals surface area contributed by atoms with Gasteiger partial charge in [0.15, 0.2) is 0 Å². The number of oxazole rings is 1. The molecule has 1 atom stereocenters. The number of phenols is 1. The zero-order valence-corrected chi connectivity index (χ0v) is 14.9. The van der Waals surface area contributed by atoms with Crippen LogP contribution in [0.3, 0.4) is 0 Å². The fraction of sp³-hybridized carbons (Fsp3) is 0.474. The maximum absolute atomic E-state index is 12.1. The number of nitrogens with zero attached hydrogens (tertiary/aromatic N) is 1. The molecular formula is C19H25N3O3. The predicted octanol–water partition coefficient (Wildman–Crippen LogP) is 3.03. The summed E-state index contributed by atoms with van der Waals surface area (Å²) in [6, 6.07) is 5.30. The van der Waals surface area contributed by atoms with Gasteiger partial charge >= 0.3 is 6.03 Å². The topological polar surface area (TPSA) is 87.4 Å². The van der Waals surface area contributed by atoms with Crippen LogP contribution in [0.25, 0.3) is 0 Å². The first-order valence-electron chi connectivity index (χ1n) is 8.61. The number of hydrogen-bond donors (Lipinski definition) is 3. The summed E-state index contributed by atoms with van der Waals surface area (Å²) < 4.78 is 5.41. The first kappa shape index (κ1) is 17.3. The maximum atomic E-state index is 12.1. The van der Waals surface area contributed by atoms with Gasteiger partial charge in [-0.2, -0.15) is 0 Å². The second kappa shape index (κ2) is 6.78. The molecule has 1 unspecified atom stereocenters. The minimum Gasteiger partial charge on any atom is -0.508 e. The van der Waals surface area contributed by atoms with Gasteiger partial charge < -0.3 is 20.2 Å². The molecule has 3 rings (SSSR count). The Kier molecular flexibility index (Phi) is 4.70. The first-order chi connectivity index (χ1) is 11.8. The molecule has 0 saturated heterocycles. The van der Waals surface area contributed by atoms with Crippen molar-refractivity contribution in [1.82, 2.24) is 15.6 Å². The molecular weight excluding hydrogens is 318 g/mol. The predicted molar refractivity (Wildman–Crippen MR) is 94.5 cm³/mol. The molecule has 134 valence electrons. The molecule has 1 aromatic carbocycles. The highest BCUT2D eigenvalue weighted by Crippen LogP contribution is 2.25. The number of amides is 2. The lowest BCUT2D eigenvalue weighted by atomic mass is 9.88. The molecule has 0 bridgehead atoms. The summed E-state index contributed by atoms with van der Waals surface area (Å²) in [6.45, 7) is 6.46. The van der Waals surface area contributed by atoms with Crippen molar-refractivity contribution < 1.29 is 14.3 Å². The minimum absolute atomic E-state index is 0.0755. The lowest BCUT2D eigenvalue weighted by molar-refractivity contribution is 0.234. The molecule has 1 aliphatic rings. The molecule has 0 spiro atoms. The minimum atomic E-state index is -0.220. The van der Waals surface area contributed by atoms with Gasteiger partial charge in [0.1, 0.15) is 12.0 Å². The molecule has 1 heterocycles. The average Bonchev–Trinajstić information content (AvgIpc) is 3.02. The van der Waals surface area contributed by atoms with Gasteiger partial charge in [-0.3, -0.25) is 0 Å². The maximum Gasteiger partial charge on any atom is 0.315 e. The van der Waals surface area contributed by atoms with Crippen molar-refractivity contribution in [3.63, 3.8) is 0 Å². The number of aryl methyl sites for hydroxylation is 1. The van der Waals surface area contributed by atoms with Crippen LogP contribution < -0.4 is 10.6 Å². The van der Waals surface area contributed by atoms with E-state index in [0.29, 0.717) is 11.6 Å². The number of aromatic nitrogens is 1. The molecule has 0 radical (unpaired) electrons. The van der Waals surface area contributed by atoms with Crippen LogP contribution in [0.15, 0.2) is 28.9 Å². The lowest BCUT2D eigenvalue weighted by Crippen LogP contribution is -2.44. The van der Waals surface area contributed by atoms with Gasteiger partial charge in [0.05, 0.1) is 12.2 Å². The molecule has 1 aliphatic carbocycles. The van der Waals surface area contributed by atoms with Gasteiger partial charge in [-0.05, 0) is 42.5 Å². The van der Waals surface area contributed by atoms with Crippen LogP contribution in [0, 0.1) is 0 Å². The number of carbonyl (C=O) groups is 1. The molecule has 25 heavy (non-hydrogen) atoms. The zero-order valence-electron chi connectivity index (χ0n) is 14.9. The Morgan fingerprint density at radius 2 is 2.16 bits per heavy atom. The van der Waals surface area contributed by atoms with E-state index in [0.717, 1.165) is 30.5 Å². The summed E-state index contributed by atoms with van der Waals surface area (Å²) in [5, 5.41) is 15.3. The molecule has 6 heteroatoms. The fourth-order valence-corrected chi connectivity index (χ4v) is 2.99. The van der Waals surface area contributed by atoms with Crippen molar-refractivity contribution in [3.05, 3.63) is 47.2 Å². The lowest BCUT2D eigenvalue weighted by Gasteiger charge is -2.25. The average molecular weight is 343 g/mol. The van der Waals surface area contributed by atoms with Crippen molar-refractivity contribution in [3.8, 4) is 5.75 Å². The van der Waals surface area contributed by atoms with E-state index in [-0.39, 0.29) is 24.0 Å². The first-order valence-corrected chi connectivity index (χ1v) is 8.61. The highest BCUT2D eigenvalue weighted by Gasteiger charge is 2.21. The van der Waals surface area contributed by atoms with Crippen molar-refractivity contribution in [1.29, 1.82) is 0 Å². The fourth-order valence-electron chi connectivity index (χ4n) is 2.99. The number of rotatable bonds is 3. The van der Waals surface area contributed by atoms with Gasteiger partial charge in [-0.15, -0.1) is 0 Å². The van der Waals surface area contributed by atoms with Gasteiger partial charge in [0, 0.05) is 11.5 Å². The van der Waals surface area contributed by atoms with Gasteiger partial charge in [-0.25, -0.2) is 9.78 Å². The van der Waals surface area contributed by atoms with Crippen molar-refractivity contribution in [2.45, 2.75) is 58.0 Å². The summed E-state index contributed by atoms with van der Waals surface area (Å²) in [5.74, 6) is 0.799. The Labute approximate surface area is 147 Å². The van der Waals surface area contributed by atoms with E-state index >= 15 is 0 Å². The second-order valence-electron chi connectivity index (χ2n) is 7.60. The molecule has 3 N–H and O–H groups in total. The number of fused-ring (bicyclic) bond motifs is 1. The molecule has 0 aliphatic heterocycles. The molecule has 2 aromatic rings. The van der Waals surface area contributed by atoms with E-state index in [1.807, 2.05) is 6.07 Å². The Bertz CT molecular complexity index is 762. The number of hydrogen-bond acceptors (Lipinski definition) is 4. The van der Waals surface area contributed by atoms with Gasteiger partial charge in [-0.1, -0.05) is 26.8 Å². The zero-order chi connectivity index (χ0) is 18.0. The van der Waals surface area contributed by atoms with E-state index < -0.39 is 0 Å². The summed E-state index contributed by atoms with van der Waals surface area (Å²) in [7, 11) is 0. The number of carbonyl (C=O) groups excluding carboxylic acids is 1. The quantitative estimate of drug-likeness (QED) is 0.799. The van der Waals surface area contributed by atoms with Crippen molar-refractivity contribution in [2.24, 2.45) is 0 Å². The summed E-state index contributed by atoms with van der Waals surface area (Å²) in [4.78, 5) is 16.5. The normalized spacial score (nSPS) is 17.0. The Morgan fingerprint density at radius 1 is 1.36 bits per heavy atom. The number of benzene rings is 1. The van der Waals surface area contributed by atoms with E-state index in [4.69, 9.17) is 4.42 Å². The monoisotopic (exact) mass is 343 g/mol. The molecule has 0 saturated carbocycles. The van der Waals surface area contributed by atoms with Crippen LogP contribution >= 0.6 is 0 Å². The third-order valence-electron chi connectivity index (χ3n) is 4.47. The van der Waals surface area contributed by atoms with Crippen LogP contribution in [0.5, 0.6) is 5.75 Å². The van der Waals surface area contributed by atoms with Crippen LogP contribution in [-0.4, -0.2) is 22.2 Å². The van der Waals surface area contributed by atoms with Crippen LogP contribution in [-0.2, 0) is 24.8 Å². The van der Waals surface area contributed by atoms with E-state index in [9.17, 15) is 9.90 Å². The van der Waals surface area contributed by atoms with Crippen LogP contribution in [0.1, 0.15) is 49.9 Å². The van der Waals surface area contributed by atoms with Crippen LogP contribution in [0.2, 0.25) is 0 Å². The Morgan fingerprint density at radius 3 is 2.88 bits per heavy atom. The molecule has 6 nitrogen and oxygen atoms in total. The smallest absolute Gasteiger partial charge is 0.315 e. The number of aromatic hydroxyl groups is 1. The third-order valence-corrected chi connectivity index (χ3v) is 4.47. The summed E-state index contributed by atoms with van der Waals surface area (Å²) >= 11 is 0. The largest absolute Gasteiger partial charge is 0.508 e. The van der Waals surface area contributed by atoms with Crippen molar-refractivity contribution >= 4 is 6.03 Å². The van der Waals surface area contributed by atoms with E-state index in [2.05, 4.69) is 36.4 Å². The van der Waals surface area contributed by atoms with Gasteiger partial charge in [0.2, 0.25) is 5.89 Å². The Hall–Kier alpha value is -2.50. The highest BCUT2D eigenvalue weighted by atomic mass is 16.3. The SMILES string of the molecule is CC(C)(C)c1coc(CNC(=O)NC2CCc3cc(O)ccc3C2)n1. The second-order valence-corrected chi connectivity index (χ2v) is 7.60. The highest BCUT2D eigenvalue weighted by molar-refractivity contribution is 5.74. The Balaban J connectivity index is 1.50. The van der Waals surface area contributed by atoms with E-state index in [1.54, 1.807) is 18.4 Å². The molecule has 0 fully saturated rings. The third kappa shape index (κ3) is 4.32. The van der Waals surface area contributed by atoms with Crippen LogP contribution in [0.4, 0.5) is 4.79 Å². The number of urea groups is 1. The summed E-state index contributed by atoms with van der Waals surface area (Å²) in [5.41, 5.74) is 3.13. The standard InChI is InChI=1S/C19H25N3O3/c1-19(2,3)16-11-25-17(22-16)10-20-18(24)21-14-6-4-13-9-15(23)7-5-12(13)8-14/h5,7,9,11,14,23H,4,6,8,10H2,1-3H3,(H2,20,21,24). The molecule has 2 amide bonds. The van der Waals surface area contributed by atoms with E-state index in [1.165, 1.54) is 5.56 Å². The van der Waals surface area contributed by atoms with Crippen molar-refractivity contribution in [2.75, 3.05) is 0 Å². The number of nitrogens with one attached hydrogen (secondary N) is 2. The molecule has 1 aromatic heterocycles. The van der Waals surface area contributed by atoms with Gasteiger partial charge in [0.25, 0.3) is 0 Å². The number of phenolic OH excluding ortho intramolecular Hbond substituents is 1.